The third-order valence-electron chi connectivity index (χ3n) is 5.96. The Labute approximate surface area is 177 Å². The zero-order valence-electron chi connectivity index (χ0n) is 17.7. The van der Waals surface area contributed by atoms with Crippen LogP contribution >= 0.6 is 0 Å². The minimum Gasteiger partial charge on any atom is -0.347 e. The van der Waals surface area contributed by atoms with E-state index in [1.807, 2.05) is 24.4 Å². The Hall–Kier alpha value is -2.73. The van der Waals surface area contributed by atoms with Crippen LogP contribution < -0.4 is 4.90 Å². The van der Waals surface area contributed by atoms with Gasteiger partial charge in [0.1, 0.15) is 12.5 Å². The summed E-state index contributed by atoms with van der Waals surface area (Å²) in [5, 5.41) is 0. The van der Waals surface area contributed by atoms with E-state index >= 15 is 0 Å². The molecule has 1 amide bonds. The van der Waals surface area contributed by atoms with Crippen molar-refractivity contribution >= 4 is 17.8 Å². The van der Waals surface area contributed by atoms with E-state index in [0.717, 1.165) is 36.3 Å². The summed E-state index contributed by atoms with van der Waals surface area (Å²) in [5.74, 6) is -0.668. The maximum Gasteiger partial charge on any atom is 0.256 e. The Kier molecular flexibility index (Phi) is 6.13. The summed E-state index contributed by atoms with van der Waals surface area (Å²) in [6.07, 6.45) is 2.98. The first-order valence-electron chi connectivity index (χ1n) is 10.7. The maximum absolute atomic E-state index is 14.6. The molecule has 158 valence electrons. The summed E-state index contributed by atoms with van der Waals surface area (Å²) >= 11 is 0. The summed E-state index contributed by atoms with van der Waals surface area (Å²) in [6.45, 7) is 8.58. The van der Waals surface area contributed by atoms with E-state index < -0.39 is 5.82 Å². The van der Waals surface area contributed by atoms with Gasteiger partial charge in [0.2, 0.25) is 0 Å². The predicted molar refractivity (Wildman–Crippen MR) is 119 cm³/mol. The number of carbonyl (C=O) groups is 1. The van der Waals surface area contributed by atoms with Gasteiger partial charge in [-0.1, -0.05) is 31.2 Å². The fourth-order valence-corrected chi connectivity index (χ4v) is 4.36. The van der Waals surface area contributed by atoms with E-state index in [2.05, 4.69) is 34.7 Å². The maximum atomic E-state index is 14.6. The monoisotopic (exact) mass is 408 g/mol. The molecule has 0 aliphatic carbocycles. The summed E-state index contributed by atoms with van der Waals surface area (Å²) in [6, 6.07) is 13.3. The van der Waals surface area contributed by atoms with E-state index in [1.165, 1.54) is 6.07 Å². The lowest BCUT2D eigenvalue weighted by atomic mass is 10.1. The molecule has 2 aliphatic rings. The Morgan fingerprint density at radius 1 is 1.20 bits per heavy atom. The zero-order chi connectivity index (χ0) is 21.1. The van der Waals surface area contributed by atoms with Crippen molar-refractivity contribution in [3.8, 4) is 0 Å². The molecule has 4 rings (SSSR count). The van der Waals surface area contributed by atoms with Crippen molar-refractivity contribution in [2.45, 2.75) is 32.9 Å². The van der Waals surface area contributed by atoms with Crippen LogP contribution in [0.1, 0.15) is 41.8 Å². The molecule has 2 aromatic carbocycles. The molecule has 6 heteroatoms. The van der Waals surface area contributed by atoms with Crippen LogP contribution in [-0.2, 0) is 6.54 Å². The molecule has 0 unspecified atom stereocenters. The van der Waals surface area contributed by atoms with Gasteiger partial charge in [-0.15, -0.1) is 0 Å². The molecule has 0 radical (unpaired) electrons. The Morgan fingerprint density at radius 2 is 2.03 bits per heavy atom. The van der Waals surface area contributed by atoms with Crippen molar-refractivity contribution in [2.24, 2.45) is 4.99 Å². The summed E-state index contributed by atoms with van der Waals surface area (Å²) in [5.41, 5.74) is 3.24. The SMILES string of the molecule is CCCN1CCN(C(=O)c2cc(CN3CN=Cc4ccccc43)ccc2F)C[C@@H]1C. The molecule has 2 aliphatic heterocycles. The standard InChI is InChI=1S/C24H29FN4O/c1-3-10-27-11-12-28(15-18(27)2)24(30)21-13-19(8-9-22(21)25)16-29-17-26-14-20-6-4-5-7-23(20)29/h4-9,13-14,18H,3,10-12,15-17H2,1-2H3/t18-/m0/s1. The van der Waals surface area contributed by atoms with Gasteiger partial charge in [0.25, 0.3) is 5.91 Å². The largest absolute Gasteiger partial charge is 0.347 e. The lowest BCUT2D eigenvalue weighted by Gasteiger charge is -2.39. The van der Waals surface area contributed by atoms with Gasteiger partial charge in [-0.25, -0.2) is 4.39 Å². The Morgan fingerprint density at radius 3 is 2.83 bits per heavy atom. The number of nitrogens with zero attached hydrogens (tertiary/aromatic N) is 4. The summed E-state index contributed by atoms with van der Waals surface area (Å²) in [4.78, 5) is 23.9. The smallest absolute Gasteiger partial charge is 0.256 e. The van der Waals surface area contributed by atoms with Gasteiger partial charge in [0, 0.05) is 49.7 Å². The highest BCUT2D eigenvalue weighted by atomic mass is 19.1. The molecule has 2 heterocycles. The van der Waals surface area contributed by atoms with Gasteiger partial charge in [-0.2, -0.15) is 0 Å². The second-order valence-electron chi connectivity index (χ2n) is 8.16. The molecule has 1 fully saturated rings. The van der Waals surface area contributed by atoms with Crippen LogP contribution in [0.15, 0.2) is 47.5 Å². The van der Waals surface area contributed by atoms with Crippen molar-refractivity contribution in [1.82, 2.24) is 9.80 Å². The Bertz CT molecular complexity index is 945. The van der Waals surface area contributed by atoms with E-state index in [0.29, 0.717) is 26.3 Å². The van der Waals surface area contributed by atoms with E-state index in [1.54, 1.807) is 17.0 Å². The molecule has 0 aromatic heterocycles. The van der Waals surface area contributed by atoms with E-state index in [-0.39, 0.29) is 17.5 Å². The third-order valence-corrected chi connectivity index (χ3v) is 5.96. The lowest BCUT2D eigenvalue weighted by molar-refractivity contribution is 0.0511. The topological polar surface area (TPSA) is 39.1 Å². The fourth-order valence-electron chi connectivity index (χ4n) is 4.36. The molecule has 5 nitrogen and oxygen atoms in total. The zero-order valence-corrected chi connectivity index (χ0v) is 17.7. The van der Waals surface area contributed by atoms with Crippen LogP contribution in [0.2, 0.25) is 0 Å². The Balaban J connectivity index is 1.50. The van der Waals surface area contributed by atoms with Gasteiger partial charge >= 0.3 is 0 Å². The first-order valence-corrected chi connectivity index (χ1v) is 10.7. The van der Waals surface area contributed by atoms with Crippen molar-refractivity contribution < 1.29 is 9.18 Å². The van der Waals surface area contributed by atoms with E-state index in [4.69, 9.17) is 0 Å². The summed E-state index contributed by atoms with van der Waals surface area (Å²) in [7, 11) is 0. The predicted octanol–water partition coefficient (Wildman–Crippen LogP) is 3.78. The van der Waals surface area contributed by atoms with Crippen LogP contribution in [0.25, 0.3) is 0 Å². The highest BCUT2D eigenvalue weighted by Crippen LogP contribution is 2.25. The fraction of sp³-hybridized carbons (Fsp3) is 0.417. The minimum atomic E-state index is -0.454. The number of rotatable bonds is 5. The number of aliphatic imine (C=N–C) groups is 1. The lowest BCUT2D eigenvalue weighted by Crippen LogP contribution is -2.53. The quantitative estimate of drug-likeness (QED) is 0.756. The van der Waals surface area contributed by atoms with Gasteiger partial charge < -0.3 is 9.80 Å². The third kappa shape index (κ3) is 4.24. The molecule has 1 atom stereocenters. The van der Waals surface area contributed by atoms with Crippen LogP contribution in [-0.4, -0.2) is 60.8 Å². The van der Waals surface area contributed by atoms with E-state index in [9.17, 15) is 9.18 Å². The van der Waals surface area contributed by atoms with Gasteiger partial charge in [-0.3, -0.25) is 14.7 Å². The molecule has 0 bridgehead atoms. The molecule has 0 spiro atoms. The van der Waals surface area contributed by atoms with Crippen molar-refractivity contribution in [3.63, 3.8) is 0 Å². The first kappa shape index (κ1) is 20.5. The number of para-hydroxylation sites is 1. The second-order valence-corrected chi connectivity index (χ2v) is 8.16. The highest BCUT2D eigenvalue weighted by molar-refractivity contribution is 5.95. The normalized spacial score (nSPS) is 19.1. The van der Waals surface area contributed by atoms with Crippen LogP contribution in [0.4, 0.5) is 10.1 Å². The van der Waals surface area contributed by atoms with Crippen molar-refractivity contribution in [2.75, 3.05) is 37.7 Å². The molecule has 2 aromatic rings. The highest BCUT2D eigenvalue weighted by Gasteiger charge is 2.28. The molecule has 30 heavy (non-hydrogen) atoms. The van der Waals surface area contributed by atoms with Crippen LogP contribution in [0.3, 0.4) is 0 Å². The molecule has 1 saturated heterocycles. The molecule has 0 saturated carbocycles. The van der Waals surface area contributed by atoms with Crippen molar-refractivity contribution in [1.29, 1.82) is 0 Å². The van der Waals surface area contributed by atoms with Gasteiger partial charge in [-0.05, 0) is 43.7 Å². The minimum absolute atomic E-state index is 0.164. The van der Waals surface area contributed by atoms with Crippen LogP contribution in [0, 0.1) is 5.82 Å². The molecular formula is C24H29FN4O. The number of piperazine rings is 1. The van der Waals surface area contributed by atoms with Crippen molar-refractivity contribution in [3.05, 3.63) is 65.0 Å². The average Bonchev–Trinajstić information content (AvgIpc) is 2.76. The molecular weight excluding hydrogens is 379 g/mol. The van der Waals surface area contributed by atoms with Gasteiger partial charge in [0.15, 0.2) is 0 Å². The number of amides is 1. The average molecular weight is 409 g/mol. The first-order chi connectivity index (χ1) is 14.6. The number of halogens is 1. The van der Waals surface area contributed by atoms with Gasteiger partial charge in [0.05, 0.1) is 5.56 Å². The number of hydrogen-bond acceptors (Lipinski definition) is 4. The number of anilines is 1. The number of fused-ring (bicyclic) bond motifs is 1. The van der Waals surface area contributed by atoms with Crippen LogP contribution in [0.5, 0.6) is 0 Å². The second kappa shape index (κ2) is 8.96. The number of carbonyl (C=O) groups excluding carboxylic acids is 1. The summed E-state index contributed by atoms with van der Waals surface area (Å²) < 4.78 is 14.6. The molecule has 0 N–H and O–H groups in total. The number of hydrogen-bond donors (Lipinski definition) is 0. The number of benzene rings is 2.